The van der Waals surface area contributed by atoms with Gasteiger partial charge < -0.3 is 20.1 Å². The quantitative estimate of drug-likeness (QED) is 0.324. The zero-order valence-corrected chi connectivity index (χ0v) is 22.6. The topological polar surface area (TPSA) is 104 Å². The number of carbonyl (C=O) groups excluding carboxylic acids is 2. The summed E-state index contributed by atoms with van der Waals surface area (Å²) in [5, 5.41) is 14.5. The first kappa shape index (κ1) is 29.4. The average Bonchev–Trinajstić information content (AvgIpc) is 3.36. The van der Waals surface area contributed by atoms with Crippen LogP contribution in [0, 0.1) is 17.2 Å². The van der Waals surface area contributed by atoms with E-state index in [0.717, 1.165) is 12.8 Å². The molecule has 1 aliphatic carbocycles. The first-order valence-corrected chi connectivity index (χ1v) is 14.0. The number of hydrogen-bond acceptors (Lipinski definition) is 7. The Labute approximate surface area is 235 Å². The molecule has 5 rings (SSSR count). The minimum absolute atomic E-state index is 0.0837. The summed E-state index contributed by atoms with van der Waals surface area (Å²) < 4.78 is 61.1. The number of benzene rings is 1. The number of amides is 2. The van der Waals surface area contributed by atoms with Crippen LogP contribution in [-0.2, 0) is 4.79 Å². The first-order chi connectivity index (χ1) is 19.5. The molecule has 2 saturated heterocycles. The molecule has 0 radical (unpaired) electrons. The normalized spacial score (nSPS) is 23.1. The minimum Gasteiger partial charge on any atom is -0.477 e. The molecule has 0 bridgehead atoms. The van der Waals surface area contributed by atoms with Crippen molar-refractivity contribution in [3.05, 3.63) is 47.9 Å². The van der Waals surface area contributed by atoms with Crippen LogP contribution >= 0.6 is 0 Å². The number of ether oxygens (including phenoxy) is 1. The third-order valence-electron chi connectivity index (χ3n) is 8.56. The number of hydrogen-bond donors (Lipinski definition) is 3. The summed E-state index contributed by atoms with van der Waals surface area (Å²) in [6, 6.07) is 6.71. The lowest BCUT2D eigenvalue weighted by atomic mass is 9.67. The van der Waals surface area contributed by atoms with Gasteiger partial charge in [0.2, 0.25) is 11.8 Å². The average molecular weight is 579 g/mol. The van der Waals surface area contributed by atoms with Gasteiger partial charge in [0.1, 0.15) is 5.82 Å². The molecule has 41 heavy (non-hydrogen) atoms. The molecule has 2 amide bonds. The number of aromatic nitrogens is 1. The molecule has 3 N–H and O–H groups in total. The first-order valence-electron chi connectivity index (χ1n) is 14.0. The predicted molar refractivity (Wildman–Crippen MR) is 142 cm³/mol. The number of rotatable bonds is 8. The summed E-state index contributed by atoms with van der Waals surface area (Å²) in [5.41, 5.74) is -0.720. The highest BCUT2D eigenvalue weighted by molar-refractivity contribution is 6.06. The number of halogens is 4. The van der Waals surface area contributed by atoms with E-state index < -0.39 is 41.4 Å². The smallest absolute Gasteiger partial charge is 0.395 e. The SMILES string of the molecule is O=C(NC(=O)[C@@H]1C[C@@H](O)CN1)c1ccc(-c2ccc(OCC3CCN(CC4(C(F)(F)F)CCC4)CC3)nc2)cc1F. The number of carbonyl (C=O) groups is 2. The highest BCUT2D eigenvalue weighted by Crippen LogP contribution is 2.53. The molecule has 0 spiro atoms. The van der Waals surface area contributed by atoms with E-state index in [2.05, 4.69) is 15.6 Å². The van der Waals surface area contributed by atoms with Crippen LogP contribution in [0.4, 0.5) is 17.6 Å². The van der Waals surface area contributed by atoms with Crippen molar-refractivity contribution in [2.24, 2.45) is 11.3 Å². The minimum atomic E-state index is -4.15. The fourth-order valence-electron chi connectivity index (χ4n) is 5.78. The number of nitrogens with one attached hydrogen (secondary N) is 2. The van der Waals surface area contributed by atoms with E-state index >= 15 is 0 Å². The molecule has 1 aromatic carbocycles. The molecule has 1 saturated carbocycles. The molecular formula is C29H34F4N4O4. The number of piperidine rings is 1. The van der Waals surface area contributed by atoms with Crippen molar-refractivity contribution < 1.29 is 37.0 Å². The molecule has 222 valence electrons. The van der Waals surface area contributed by atoms with Gasteiger partial charge in [0, 0.05) is 30.9 Å². The van der Waals surface area contributed by atoms with Crippen molar-refractivity contribution in [1.29, 1.82) is 0 Å². The Bertz CT molecular complexity index is 1240. The second-order valence-corrected chi connectivity index (χ2v) is 11.4. The molecule has 2 aromatic rings. The van der Waals surface area contributed by atoms with Crippen LogP contribution in [-0.4, -0.2) is 77.9 Å². The summed E-state index contributed by atoms with van der Waals surface area (Å²) >= 11 is 0. The second-order valence-electron chi connectivity index (χ2n) is 11.4. The van der Waals surface area contributed by atoms with E-state index in [-0.39, 0.29) is 43.8 Å². The van der Waals surface area contributed by atoms with Gasteiger partial charge in [-0.3, -0.25) is 14.9 Å². The number of pyridine rings is 1. The van der Waals surface area contributed by atoms with Gasteiger partial charge in [-0.05, 0) is 74.9 Å². The van der Waals surface area contributed by atoms with Crippen molar-refractivity contribution in [2.45, 2.75) is 56.8 Å². The van der Waals surface area contributed by atoms with Crippen molar-refractivity contribution in [3.63, 3.8) is 0 Å². The maximum Gasteiger partial charge on any atom is 0.395 e. The van der Waals surface area contributed by atoms with Gasteiger partial charge in [0.15, 0.2) is 0 Å². The fourth-order valence-corrected chi connectivity index (χ4v) is 5.78. The maximum absolute atomic E-state index is 14.8. The molecule has 8 nitrogen and oxygen atoms in total. The van der Waals surface area contributed by atoms with E-state index in [1.54, 1.807) is 18.2 Å². The van der Waals surface area contributed by atoms with E-state index in [1.165, 1.54) is 18.3 Å². The molecule has 12 heteroatoms. The largest absolute Gasteiger partial charge is 0.477 e. The predicted octanol–water partition coefficient (Wildman–Crippen LogP) is 3.69. The third kappa shape index (κ3) is 6.70. The van der Waals surface area contributed by atoms with Crippen LogP contribution in [0.15, 0.2) is 36.5 Å². The molecule has 2 aliphatic heterocycles. The molecule has 3 fully saturated rings. The summed E-state index contributed by atoms with van der Waals surface area (Å²) in [4.78, 5) is 30.8. The Morgan fingerprint density at radius 2 is 1.88 bits per heavy atom. The number of alkyl halides is 3. The summed E-state index contributed by atoms with van der Waals surface area (Å²) in [6.45, 7) is 1.98. The standard InChI is InChI=1S/C29H34F4N4O4/c30-23-12-19(2-4-22(23)26(39)36-27(40)24-13-21(38)15-34-24)20-3-5-25(35-14-20)41-16-18-6-10-37(11-7-18)17-28(8-1-9-28)29(31,32)33/h2-5,12,14,18,21,24,34,38H,1,6-11,13,15-17H2,(H,36,39,40)/t21-,24+/m1/s1. The van der Waals surface area contributed by atoms with Crippen molar-refractivity contribution in [1.82, 2.24) is 20.5 Å². The molecule has 3 heterocycles. The number of imide groups is 1. The van der Waals surface area contributed by atoms with Crippen LogP contribution in [0.2, 0.25) is 0 Å². The van der Waals surface area contributed by atoms with Gasteiger partial charge in [0.25, 0.3) is 5.91 Å². The maximum atomic E-state index is 14.8. The number of aliphatic hydroxyl groups excluding tert-OH is 1. The van der Waals surface area contributed by atoms with Crippen LogP contribution in [0.3, 0.4) is 0 Å². The van der Waals surface area contributed by atoms with Gasteiger partial charge >= 0.3 is 6.18 Å². The second kappa shape index (κ2) is 12.0. The zero-order valence-electron chi connectivity index (χ0n) is 22.6. The summed E-state index contributed by atoms with van der Waals surface area (Å²) in [5.74, 6) is -1.66. The van der Waals surface area contributed by atoms with Crippen LogP contribution in [0.1, 0.15) is 48.9 Å². The number of aliphatic hydroxyl groups is 1. The van der Waals surface area contributed by atoms with E-state index in [1.807, 2.05) is 4.90 Å². The van der Waals surface area contributed by atoms with Gasteiger partial charge in [-0.2, -0.15) is 13.2 Å². The lowest BCUT2D eigenvalue weighted by molar-refractivity contribution is -0.256. The lowest BCUT2D eigenvalue weighted by Gasteiger charge is -2.47. The van der Waals surface area contributed by atoms with Gasteiger partial charge in [-0.25, -0.2) is 9.37 Å². The van der Waals surface area contributed by atoms with Gasteiger partial charge in [-0.15, -0.1) is 0 Å². The van der Waals surface area contributed by atoms with Gasteiger partial charge in [0.05, 0.1) is 29.7 Å². The van der Waals surface area contributed by atoms with Crippen molar-refractivity contribution in [2.75, 3.05) is 32.8 Å². The highest BCUT2D eigenvalue weighted by Gasteiger charge is 2.58. The van der Waals surface area contributed by atoms with Crippen molar-refractivity contribution >= 4 is 11.8 Å². The Morgan fingerprint density at radius 3 is 2.44 bits per heavy atom. The number of β-amino-alcohol motifs (C(OH)–C–C–N with tert-alkyl or cyclic N) is 1. The van der Waals surface area contributed by atoms with E-state index in [0.29, 0.717) is 43.1 Å². The van der Waals surface area contributed by atoms with Crippen LogP contribution in [0.5, 0.6) is 5.88 Å². The number of likely N-dealkylation sites (tertiary alicyclic amines) is 1. The Hall–Kier alpha value is -3.09. The van der Waals surface area contributed by atoms with Crippen LogP contribution < -0.4 is 15.4 Å². The van der Waals surface area contributed by atoms with E-state index in [4.69, 9.17) is 4.74 Å². The number of nitrogens with zero attached hydrogens (tertiary/aromatic N) is 2. The Balaban J connectivity index is 1.09. The Morgan fingerprint density at radius 1 is 1.15 bits per heavy atom. The highest BCUT2D eigenvalue weighted by atomic mass is 19.4. The molecule has 3 aliphatic rings. The summed E-state index contributed by atoms with van der Waals surface area (Å²) in [6.07, 6.45) is -0.505. The molecular weight excluding hydrogens is 544 g/mol. The lowest BCUT2D eigenvalue weighted by Crippen LogP contribution is -2.53. The van der Waals surface area contributed by atoms with E-state index in [9.17, 15) is 32.3 Å². The van der Waals surface area contributed by atoms with Gasteiger partial charge in [-0.1, -0.05) is 12.5 Å². The Kier molecular flexibility index (Phi) is 8.62. The molecule has 0 unspecified atom stereocenters. The fraction of sp³-hybridized carbons (Fsp3) is 0.552. The molecule has 2 atom stereocenters. The zero-order chi connectivity index (χ0) is 29.2. The summed E-state index contributed by atoms with van der Waals surface area (Å²) in [7, 11) is 0. The monoisotopic (exact) mass is 578 g/mol. The van der Waals surface area contributed by atoms with Crippen molar-refractivity contribution in [3.8, 4) is 17.0 Å². The third-order valence-corrected chi connectivity index (χ3v) is 8.56. The molecule has 1 aromatic heterocycles. The van der Waals surface area contributed by atoms with Crippen LogP contribution in [0.25, 0.3) is 11.1 Å².